The molecule has 2 atom stereocenters. The van der Waals surface area contributed by atoms with Crippen molar-refractivity contribution in [3.8, 4) is 0 Å². The molecule has 1 N–H and O–H groups in total. The highest BCUT2D eigenvalue weighted by Gasteiger charge is 2.52. The molecule has 0 spiro atoms. The third-order valence-electron chi connectivity index (χ3n) is 9.08. The standard InChI is InChI=1S/C23H37N3O2/c27-22(24-23-10-17-7-18(11-23)9-19(8-17)12-23)26-14-20-21(15-26)28-6-5-25(20)13-16-3-1-2-4-16/h16-21H,1-15H2,(H,24,27)/t17?,18?,19?,20-,21-,23?/m0/s1. The van der Waals surface area contributed by atoms with Gasteiger partial charge in [-0.25, -0.2) is 4.79 Å². The highest BCUT2D eigenvalue weighted by Crippen LogP contribution is 2.55. The number of rotatable bonds is 3. The van der Waals surface area contributed by atoms with Crippen molar-refractivity contribution < 1.29 is 9.53 Å². The smallest absolute Gasteiger partial charge is 0.317 e. The molecule has 0 aromatic rings. The van der Waals surface area contributed by atoms with E-state index in [9.17, 15) is 4.79 Å². The van der Waals surface area contributed by atoms with Gasteiger partial charge in [-0.2, -0.15) is 0 Å². The molecule has 5 saturated carbocycles. The van der Waals surface area contributed by atoms with Gasteiger partial charge in [0.25, 0.3) is 0 Å². The molecule has 28 heavy (non-hydrogen) atoms. The lowest BCUT2D eigenvalue weighted by Gasteiger charge is -2.57. The number of carbonyl (C=O) groups excluding carboxylic acids is 1. The summed E-state index contributed by atoms with van der Waals surface area (Å²) < 4.78 is 6.11. The second-order valence-corrected chi connectivity index (χ2v) is 11.2. The molecule has 7 aliphatic rings. The van der Waals surface area contributed by atoms with Crippen molar-refractivity contribution in [1.82, 2.24) is 15.1 Å². The fourth-order valence-electron chi connectivity index (χ4n) is 8.25. The lowest BCUT2D eigenvalue weighted by molar-refractivity contribution is -0.0516. The van der Waals surface area contributed by atoms with E-state index in [1.165, 1.54) is 70.8 Å². The Labute approximate surface area is 169 Å². The van der Waals surface area contributed by atoms with E-state index < -0.39 is 0 Å². The predicted molar refractivity (Wildman–Crippen MR) is 108 cm³/mol. The molecule has 5 aliphatic carbocycles. The van der Waals surface area contributed by atoms with Crippen LogP contribution in [0.25, 0.3) is 0 Å². The van der Waals surface area contributed by atoms with Gasteiger partial charge in [0.2, 0.25) is 0 Å². The van der Waals surface area contributed by atoms with Crippen molar-refractivity contribution in [3.63, 3.8) is 0 Å². The van der Waals surface area contributed by atoms with Crippen molar-refractivity contribution in [3.05, 3.63) is 0 Å². The predicted octanol–water partition coefficient (Wildman–Crippen LogP) is 3.24. The minimum Gasteiger partial charge on any atom is -0.373 e. The van der Waals surface area contributed by atoms with Crippen molar-refractivity contribution in [2.75, 3.05) is 32.8 Å². The Bertz CT molecular complexity index is 582. The fraction of sp³-hybridized carbons (Fsp3) is 0.957. The first-order chi connectivity index (χ1) is 13.7. The van der Waals surface area contributed by atoms with E-state index in [1.807, 2.05) is 0 Å². The van der Waals surface area contributed by atoms with Crippen LogP contribution in [0.5, 0.6) is 0 Å². The maximum Gasteiger partial charge on any atom is 0.317 e. The maximum atomic E-state index is 13.3. The summed E-state index contributed by atoms with van der Waals surface area (Å²) in [6.07, 6.45) is 13.8. The van der Waals surface area contributed by atoms with Crippen LogP contribution in [0, 0.1) is 23.7 Å². The number of hydrogen-bond acceptors (Lipinski definition) is 3. The number of fused-ring (bicyclic) bond motifs is 1. The molecule has 0 aromatic carbocycles. The maximum absolute atomic E-state index is 13.3. The molecule has 0 aromatic heterocycles. The van der Waals surface area contributed by atoms with Crippen molar-refractivity contribution in [2.45, 2.75) is 81.9 Å². The zero-order valence-corrected chi connectivity index (χ0v) is 17.3. The zero-order valence-electron chi connectivity index (χ0n) is 17.3. The van der Waals surface area contributed by atoms with Crippen molar-refractivity contribution in [1.29, 1.82) is 0 Å². The lowest BCUT2D eigenvalue weighted by atomic mass is 9.53. The summed E-state index contributed by atoms with van der Waals surface area (Å²) in [5.41, 5.74) is 0.115. The number of carbonyl (C=O) groups is 1. The summed E-state index contributed by atoms with van der Waals surface area (Å²) in [6, 6.07) is 0.609. The molecule has 0 radical (unpaired) electrons. The summed E-state index contributed by atoms with van der Waals surface area (Å²) >= 11 is 0. The Balaban J connectivity index is 1.10. The number of morpholine rings is 1. The van der Waals surface area contributed by atoms with Gasteiger partial charge in [0, 0.05) is 25.2 Å². The molecule has 2 amide bonds. The number of hydrogen-bond donors (Lipinski definition) is 1. The third-order valence-corrected chi connectivity index (χ3v) is 9.08. The van der Waals surface area contributed by atoms with Crippen LogP contribution >= 0.6 is 0 Å². The fourth-order valence-corrected chi connectivity index (χ4v) is 8.25. The third kappa shape index (κ3) is 3.17. The van der Waals surface area contributed by atoms with E-state index in [2.05, 4.69) is 15.1 Å². The van der Waals surface area contributed by atoms with Gasteiger partial charge in [-0.15, -0.1) is 0 Å². The van der Waals surface area contributed by atoms with Gasteiger partial charge in [0.15, 0.2) is 0 Å². The second kappa shape index (κ2) is 6.87. The van der Waals surface area contributed by atoms with Gasteiger partial charge < -0.3 is 15.0 Å². The molecular weight excluding hydrogens is 350 g/mol. The zero-order chi connectivity index (χ0) is 18.7. The van der Waals surface area contributed by atoms with Gasteiger partial charge in [0.1, 0.15) is 0 Å². The number of nitrogens with zero attached hydrogens (tertiary/aromatic N) is 2. The average molecular weight is 388 g/mol. The number of amides is 2. The van der Waals surface area contributed by atoms with Crippen LogP contribution in [0.2, 0.25) is 0 Å². The molecular formula is C23H37N3O2. The Kier molecular flexibility index (Phi) is 4.41. The summed E-state index contributed by atoms with van der Waals surface area (Å²) in [6.45, 7) is 4.73. The number of likely N-dealkylation sites (tertiary alicyclic amines) is 1. The highest BCUT2D eigenvalue weighted by atomic mass is 16.5. The monoisotopic (exact) mass is 387 g/mol. The molecule has 0 unspecified atom stereocenters. The topological polar surface area (TPSA) is 44.8 Å². The van der Waals surface area contributed by atoms with E-state index in [4.69, 9.17) is 4.74 Å². The number of nitrogens with one attached hydrogen (secondary N) is 1. The van der Waals surface area contributed by atoms with Crippen LogP contribution in [0.15, 0.2) is 0 Å². The van der Waals surface area contributed by atoms with E-state index >= 15 is 0 Å². The van der Waals surface area contributed by atoms with Crippen LogP contribution in [0.1, 0.15) is 64.2 Å². The van der Waals surface area contributed by atoms with Crippen LogP contribution < -0.4 is 5.32 Å². The van der Waals surface area contributed by atoms with Gasteiger partial charge >= 0.3 is 6.03 Å². The molecule has 2 aliphatic heterocycles. The van der Waals surface area contributed by atoms with Gasteiger partial charge in [-0.05, 0) is 75.0 Å². The second-order valence-electron chi connectivity index (χ2n) is 11.2. The minimum atomic E-state index is 0.115. The van der Waals surface area contributed by atoms with Crippen LogP contribution in [-0.2, 0) is 4.74 Å². The summed E-state index contributed by atoms with van der Waals surface area (Å²) in [5, 5.41) is 3.58. The molecule has 7 rings (SSSR count). The highest BCUT2D eigenvalue weighted by molar-refractivity contribution is 5.75. The van der Waals surface area contributed by atoms with E-state index in [-0.39, 0.29) is 17.7 Å². The van der Waals surface area contributed by atoms with Crippen molar-refractivity contribution >= 4 is 6.03 Å². The SMILES string of the molecule is O=C(NC12CC3CC(CC(C3)C1)C2)N1C[C@@H]2OCCN(CC3CCCC3)[C@H]2C1. The van der Waals surface area contributed by atoms with E-state index in [0.717, 1.165) is 49.9 Å². The summed E-state index contributed by atoms with van der Waals surface area (Å²) in [7, 11) is 0. The normalized spacial score (nSPS) is 45.6. The van der Waals surface area contributed by atoms with E-state index in [0.29, 0.717) is 6.04 Å². The first-order valence-corrected chi connectivity index (χ1v) is 12.1. The molecule has 5 heteroatoms. The summed E-state index contributed by atoms with van der Waals surface area (Å²) in [4.78, 5) is 18.0. The van der Waals surface area contributed by atoms with Gasteiger partial charge in [0.05, 0.1) is 25.3 Å². The number of ether oxygens (including phenoxy) is 1. The Morgan fingerprint density at radius 2 is 1.68 bits per heavy atom. The molecule has 156 valence electrons. The number of urea groups is 1. The Morgan fingerprint density at radius 1 is 1.00 bits per heavy atom. The molecule has 7 fully saturated rings. The molecule has 4 bridgehead atoms. The van der Waals surface area contributed by atoms with E-state index in [1.54, 1.807) is 0 Å². The van der Waals surface area contributed by atoms with Gasteiger partial charge in [-0.1, -0.05) is 12.8 Å². The van der Waals surface area contributed by atoms with Crippen LogP contribution in [0.4, 0.5) is 4.79 Å². The summed E-state index contributed by atoms with van der Waals surface area (Å²) in [5.74, 6) is 3.49. The largest absolute Gasteiger partial charge is 0.373 e. The van der Waals surface area contributed by atoms with Crippen molar-refractivity contribution in [2.24, 2.45) is 23.7 Å². The molecule has 2 saturated heterocycles. The first kappa shape index (κ1) is 18.0. The lowest BCUT2D eigenvalue weighted by Crippen LogP contribution is -2.61. The minimum absolute atomic E-state index is 0.115. The van der Waals surface area contributed by atoms with Crippen LogP contribution in [-0.4, -0.2) is 66.3 Å². The quantitative estimate of drug-likeness (QED) is 0.809. The Hall–Kier alpha value is -0.810. The molecule has 5 nitrogen and oxygen atoms in total. The van der Waals surface area contributed by atoms with Crippen LogP contribution in [0.3, 0.4) is 0 Å². The average Bonchev–Trinajstić information content (AvgIpc) is 3.30. The van der Waals surface area contributed by atoms with Gasteiger partial charge in [-0.3, -0.25) is 4.90 Å². The first-order valence-electron chi connectivity index (χ1n) is 12.1. The Morgan fingerprint density at radius 3 is 2.36 bits per heavy atom. The molecule has 2 heterocycles.